The first kappa shape index (κ1) is 20.1. The summed E-state index contributed by atoms with van der Waals surface area (Å²) in [6.07, 6.45) is 10.0. The molecule has 0 spiro atoms. The van der Waals surface area contributed by atoms with Crippen molar-refractivity contribution < 1.29 is 0 Å². The molecule has 4 N–H and O–H groups in total. The van der Waals surface area contributed by atoms with E-state index < -0.39 is 0 Å². The molecule has 29 heavy (non-hydrogen) atoms. The minimum Gasteiger partial charge on any atom is -0.326 e. The van der Waals surface area contributed by atoms with E-state index >= 15 is 0 Å². The first-order chi connectivity index (χ1) is 14.2. The summed E-state index contributed by atoms with van der Waals surface area (Å²) in [7, 11) is 0. The lowest BCUT2D eigenvalue weighted by Crippen LogP contribution is -2.29. The fourth-order valence-electron chi connectivity index (χ4n) is 4.80. The number of pyridine rings is 2. The Balaban J connectivity index is 1.16. The second-order valence-corrected chi connectivity index (χ2v) is 8.37. The van der Waals surface area contributed by atoms with Crippen LogP contribution in [0.2, 0.25) is 0 Å². The maximum absolute atomic E-state index is 11.5. The molecule has 2 aliphatic carbocycles. The SMILES string of the molecule is O=c1ccc2c([nH]1)CCCC2NCCCCCNC1CCCc2[nH]c(=O)ccc21. The van der Waals surface area contributed by atoms with Crippen molar-refractivity contribution in [1.82, 2.24) is 20.6 Å². The summed E-state index contributed by atoms with van der Waals surface area (Å²) in [5.74, 6) is 0. The summed E-state index contributed by atoms with van der Waals surface area (Å²) in [6.45, 7) is 2.02. The van der Waals surface area contributed by atoms with Gasteiger partial charge in [-0.3, -0.25) is 9.59 Å². The second kappa shape index (κ2) is 9.55. The van der Waals surface area contributed by atoms with Crippen molar-refractivity contribution in [3.63, 3.8) is 0 Å². The lowest BCUT2D eigenvalue weighted by Gasteiger charge is -2.26. The van der Waals surface area contributed by atoms with Crippen molar-refractivity contribution in [2.45, 2.75) is 69.9 Å². The lowest BCUT2D eigenvalue weighted by atomic mass is 9.91. The molecule has 2 atom stereocenters. The van der Waals surface area contributed by atoms with Gasteiger partial charge in [-0.05, 0) is 75.6 Å². The Hall–Kier alpha value is -2.18. The smallest absolute Gasteiger partial charge is 0.248 e. The highest BCUT2D eigenvalue weighted by Gasteiger charge is 2.21. The van der Waals surface area contributed by atoms with Gasteiger partial charge in [-0.1, -0.05) is 18.6 Å². The van der Waals surface area contributed by atoms with Crippen LogP contribution in [-0.4, -0.2) is 23.1 Å². The quantitative estimate of drug-likeness (QED) is 0.517. The number of aromatic nitrogens is 2. The van der Waals surface area contributed by atoms with Crippen LogP contribution in [0, 0.1) is 0 Å². The molecule has 0 radical (unpaired) electrons. The largest absolute Gasteiger partial charge is 0.326 e. The van der Waals surface area contributed by atoms with Crippen LogP contribution in [0.15, 0.2) is 33.9 Å². The van der Waals surface area contributed by atoms with Crippen molar-refractivity contribution >= 4 is 0 Å². The van der Waals surface area contributed by atoms with Crippen LogP contribution in [0.5, 0.6) is 0 Å². The number of unbranched alkanes of at least 4 members (excludes halogenated alkanes) is 2. The van der Waals surface area contributed by atoms with Crippen LogP contribution in [0.1, 0.15) is 79.5 Å². The third kappa shape index (κ3) is 5.06. The van der Waals surface area contributed by atoms with Crippen LogP contribution >= 0.6 is 0 Å². The Kier molecular flexibility index (Phi) is 6.62. The first-order valence-electron chi connectivity index (χ1n) is 11.1. The topological polar surface area (TPSA) is 89.8 Å². The summed E-state index contributed by atoms with van der Waals surface area (Å²) < 4.78 is 0. The van der Waals surface area contributed by atoms with E-state index in [0.29, 0.717) is 12.1 Å². The van der Waals surface area contributed by atoms with Crippen molar-refractivity contribution in [2.75, 3.05) is 13.1 Å². The molecule has 2 aromatic rings. The molecule has 2 aliphatic rings. The highest BCUT2D eigenvalue weighted by atomic mass is 16.1. The molecule has 6 heteroatoms. The van der Waals surface area contributed by atoms with Gasteiger partial charge < -0.3 is 20.6 Å². The van der Waals surface area contributed by atoms with Gasteiger partial charge >= 0.3 is 0 Å². The fraction of sp³-hybridized carbons (Fsp3) is 0.565. The third-order valence-electron chi connectivity index (χ3n) is 6.30. The van der Waals surface area contributed by atoms with Crippen molar-refractivity contribution in [1.29, 1.82) is 0 Å². The monoisotopic (exact) mass is 396 g/mol. The van der Waals surface area contributed by atoms with E-state index in [1.807, 2.05) is 12.1 Å². The van der Waals surface area contributed by atoms with Crippen LogP contribution < -0.4 is 21.8 Å². The zero-order chi connectivity index (χ0) is 20.1. The highest BCUT2D eigenvalue weighted by Crippen LogP contribution is 2.28. The molecule has 0 saturated heterocycles. The van der Waals surface area contributed by atoms with Gasteiger partial charge in [0.15, 0.2) is 0 Å². The van der Waals surface area contributed by atoms with E-state index in [1.54, 1.807) is 12.1 Å². The predicted molar refractivity (Wildman–Crippen MR) is 115 cm³/mol. The minimum absolute atomic E-state index is 0.00356. The molecule has 156 valence electrons. The van der Waals surface area contributed by atoms with E-state index in [2.05, 4.69) is 20.6 Å². The molecule has 6 nitrogen and oxygen atoms in total. The van der Waals surface area contributed by atoms with Gasteiger partial charge in [0.1, 0.15) is 0 Å². The predicted octanol–water partition coefficient (Wildman–Crippen LogP) is 2.87. The number of hydrogen-bond acceptors (Lipinski definition) is 4. The Morgan fingerprint density at radius 1 is 0.724 bits per heavy atom. The molecule has 0 aliphatic heterocycles. The maximum Gasteiger partial charge on any atom is 0.248 e. The van der Waals surface area contributed by atoms with Crippen molar-refractivity contribution in [3.05, 3.63) is 67.5 Å². The normalized spacial score (nSPS) is 20.8. The summed E-state index contributed by atoms with van der Waals surface area (Å²) >= 11 is 0. The average molecular weight is 397 g/mol. The molecule has 2 aromatic heterocycles. The fourth-order valence-corrected chi connectivity index (χ4v) is 4.80. The van der Waals surface area contributed by atoms with E-state index in [-0.39, 0.29) is 11.1 Å². The molecular formula is C23H32N4O2. The number of H-pyrrole nitrogens is 2. The molecule has 0 aromatic carbocycles. The molecule has 4 rings (SSSR count). The molecule has 2 heterocycles. The van der Waals surface area contributed by atoms with Gasteiger partial charge in [-0.25, -0.2) is 0 Å². The Morgan fingerprint density at radius 3 is 1.69 bits per heavy atom. The van der Waals surface area contributed by atoms with Gasteiger partial charge in [0, 0.05) is 35.6 Å². The first-order valence-corrected chi connectivity index (χ1v) is 11.1. The molecule has 2 unspecified atom stereocenters. The molecule has 0 saturated carbocycles. The molecule has 0 amide bonds. The summed E-state index contributed by atoms with van der Waals surface area (Å²) in [5.41, 5.74) is 4.77. The van der Waals surface area contributed by atoms with Gasteiger partial charge in [0.05, 0.1) is 0 Å². The standard InChI is InChI=1S/C23H32N4O2/c28-22-12-10-16-18(6-4-8-20(16)26-22)24-14-2-1-3-15-25-19-7-5-9-21-17(19)11-13-23(29)27-21/h10-13,18-19,24-25H,1-9,14-15H2,(H,26,28)(H,27,29). The Labute approximate surface area is 171 Å². The minimum atomic E-state index is 0.00356. The van der Waals surface area contributed by atoms with Crippen molar-refractivity contribution in [2.24, 2.45) is 0 Å². The third-order valence-corrected chi connectivity index (χ3v) is 6.30. The van der Waals surface area contributed by atoms with Crippen LogP contribution in [0.4, 0.5) is 0 Å². The number of hydrogen-bond donors (Lipinski definition) is 4. The average Bonchev–Trinajstić information content (AvgIpc) is 2.72. The molecule has 0 fully saturated rings. The van der Waals surface area contributed by atoms with Crippen molar-refractivity contribution in [3.8, 4) is 0 Å². The van der Waals surface area contributed by atoms with Gasteiger partial charge in [-0.2, -0.15) is 0 Å². The Bertz CT molecular complexity index is 857. The number of nitrogens with one attached hydrogen (secondary N) is 4. The van der Waals surface area contributed by atoms with Crippen LogP contribution in [0.25, 0.3) is 0 Å². The maximum atomic E-state index is 11.5. The number of aromatic amines is 2. The number of rotatable bonds is 8. The summed E-state index contributed by atoms with van der Waals surface area (Å²) in [4.78, 5) is 29.0. The second-order valence-electron chi connectivity index (χ2n) is 8.37. The summed E-state index contributed by atoms with van der Waals surface area (Å²) in [6, 6.07) is 8.01. The van der Waals surface area contributed by atoms with Crippen LogP contribution in [-0.2, 0) is 12.8 Å². The van der Waals surface area contributed by atoms with Gasteiger partial charge in [0.2, 0.25) is 11.1 Å². The molecular weight excluding hydrogens is 364 g/mol. The molecule has 0 bridgehead atoms. The highest BCUT2D eigenvalue weighted by molar-refractivity contribution is 5.27. The summed E-state index contributed by atoms with van der Waals surface area (Å²) in [5, 5.41) is 7.36. The number of fused-ring (bicyclic) bond motifs is 2. The van der Waals surface area contributed by atoms with Gasteiger partial charge in [0.25, 0.3) is 0 Å². The lowest BCUT2D eigenvalue weighted by molar-refractivity contribution is 0.429. The zero-order valence-electron chi connectivity index (χ0n) is 17.1. The number of aryl methyl sites for hydroxylation is 2. The van der Waals surface area contributed by atoms with E-state index in [1.165, 1.54) is 17.5 Å². The van der Waals surface area contributed by atoms with E-state index in [0.717, 1.165) is 75.8 Å². The van der Waals surface area contributed by atoms with E-state index in [9.17, 15) is 9.59 Å². The Morgan fingerprint density at radius 2 is 1.21 bits per heavy atom. The van der Waals surface area contributed by atoms with E-state index in [4.69, 9.17) is 0 Å². The van der Waals surface area contributed by atoms with Gasteiger partial charge in [-0.15, -0.1) is 0 Å². The zero-order valence-corrected chi connectivity index (χ0v) is 17.1. The van der Waals surface area contributed by atoms with Crippen LogP contribution in [0.3, 0.4) is 0 Å².